The number of rotatable bonds is 5. The first-order valence-corrected chi connectivity index (χ1v) is 10.9. The van der Waals surface area contributed by atoms with Crippen LogP contribution in [0.25, 0.3) is 4.85 Å². The molecule has 0 spiro atoms. The van der Waals surface area contributed by atoms with E-state index >= 15 is 0 Å². The van der Waals surface area contributed by atoms with E-state index in [9.17, 15) is 5.11 Å². The SMILES string of the molecule is [C-]#[N+]c1ccc([C@H](O)CN2CCN(c3ccc(C#N)cc3)[C@H](c3ccc(Cl)cc3)C2)cc1. The molecule has 1 heterocycles. The maximum Gasteiger partial charge on any atom is 0.187 e. The number of hydrogen-bond donors (Lipinski definition) is 1. The summed E-state index contributed by atoms with van der Waals surface area (Å²) < 4.78 is 0. The molecule has 0 unspecified atom stereocenters. The fourth-order valence-electron chi connectivity index (χ4n) is 4.13. The highest BCUT2D eigenvalue weighted by Gasteiger charge is 2.29. The van der Waals surface area contributed by atoms with Gasteiger partial charge in [-0.25, -0.2) is 4.85 Å². The van der Waals surface area contributed by atoms with E-state index in [4.69, 9.17) is 23.4 Å². The fraction of sp³-hybridized carbons (Fsp3) is 0.231. The van der Waals surface area contributed by atoms with Crippen LogP contribution in [-0.2, 0) is 0 Å². The van der Waals surface area contributed by atoms with E-state index in [0.717, 1.165) is 36.4 Å². The van der Waals surface area contributed by atoms with Crippen LogP contribution in [0, 0.1) is 17.9 Å². The molecule has 3 aromatic rings. The summed E-state index contributed by atoms with van der Waals surface area (Å²) in [5.74, 6) is 0. The van der Waals surface area contributed by atoms with Gasteiger partial charge < -0.3 is 10.0 Å². The van der Waals surface area contributed by atoms with Crippen LogP contribution in [0.2, 0.25) is 5.02 Å². The summed E-state index contributed by atoms with van der Waals surface area (Å²) in [6.45, 7) is 9.95. The molecule has 0 saturated carbocycles. The summed E-state index contributed by atoms with van der Waals surface area (Å²) in [7, 11) is 0. The van der Waals surface area contributed by atoms with Gasteiger partial charge >= 0.3 is 0 Å². The van der Waals surface area contributed by atoms with Crippen LogP contribution in [0.4, 0.5) is 11.4 Å². The third-order valence-electron chi connectivity index (χ3n) is 5.89. The van der Waals surface area contributed by atoms with Crippen molar-refractivity contribution in [3.8, 4) is 6.07 Å². The molecule has 0 aliphatic carbocycles. The lowest BCUT2D eigenvalue weighted by molar-refractivity contribution is 0.100. The normalized spacial score (nSPS) is 17.4. The number of nitriles is 1. The van der Waals surface area contributed by atoms with Crippen molar-refractivity contribution in [1.82, 2.24) is 4.90 Å². The minimum atomic E-state index is -0.623. The smallest absolute Gasteiger partial charge is 0.187 e. The molecule has 0 bridgehead atoms. The van der Waals surface area contributed by atoms with Gasteiger partial charge in [0.1, 0.15) is 0 Å². The molecule has 3 aromatic carbocycles. The lowest BCUT2D eigenvalue weighted by atomic mass is 10.00. The Bertz CT molecular complexity index is 1130. The molecule has 1 aliphatic heterocycles. The third-order valence-corrected chi connectivity index (χ3v) is 6.14. The first kappa shape index (κ1) is 21.9. The molecule has 0 amide bonds. The van der Waals surface area contributed by atoms with Crippen LogP contribution < -0.4 is 4.90 Å². The molecule has 6 heteroatoms. The monoisotopic (exact) mass is 442 g/mol. The third kappa shape index (κ3) is 4.93. The van der Waals surface area contributed by atoms with Gasteiger partial charge in [0, 0.05) is 36.9 Å². The van der Waals surface area contributed by atoms with Crippen molar-refractivity contribution in [3.63, 3.8) is 0 Å². The minimum absolute atomic E-state index is 0.0886. The maximum absolute atomic E-state index is 10.8. The van der Waals surface area contributed by atoms with Crippen molar-refractivity contribution in [2.75, 3.05) is 31.1 Å². The molecule has 2 atom stereocenters. The highest BCUT2D eigenvalue weighted by molar-refractivity contribution is 6.30. The summed E-state index contributed by atoms with van der Waals surface area (Å²) in [5.41, 5.74) is 4.25. The zero-order valence-electron chi connectivity index (χ0n) is 17.5. The largest absolute Gasteiger partial charge is 0.387 e. The van der Waals surface area contributed by atoms with Crippen LogP contribution in [0.5, 0.6) is 0 Å². The number of β-amino-alcohol motifs (C(OH)–C–C–N with tert-alkyl or cyclic N) is 1. The Morgan fingerprint density at radius 3 is 2.34 bits per heavy atom. The molecule has 32 heavy (non-hydrogen) atoms. The first-order valence-electron chi connectivity index (χ1n) is 10.5. The molecule has 4 rings (SSSR count). The number of benzene rings is 3. The van der Waals surface area contributed by atoms with Crippen LogP contribution in [0.15, 0.2) is 72.8 Å². The van der Waals surface area contributed by atoms with Gasteiger partial charge in [0.15, 0.2) is 5.69 Å². The molecule has 0 aromatic heterocycles. The van der Waals surface area contributed by atoms with Gasteiger partial charge in [0.05, 0.1) is 30.4 Å². The Morgan fingerprint density at radius 1 is 1.03 bits per heavy atom. The van der Waals surface area contributed by atoms with Crippen molar-refractivity contribution in [1.29, 1.82) is 5.26 Å². The van der Waals surface area contributed by atoms with Crippen molar-refractivity contribution in [2.45, 2.75) is 12.1 Å². The van der Waals surface area contributed by atoms with Gasteiger partial charge in [-0.05, 0) is 47.5 Å². The topological polar surface area (TPSA) is 54.9 Å². The predicted molar refractivity (Wildman–Crippen MR) is 127 cm³/mol. The summed E-state index contributed by atoms with van der Waals surface area (Å²) in [4.78, 5) is 8.03. The van der Waals surface area contributed by atoms with Gasteiger partial charge in [-0.2, -0.15) is 5.26 Å². The Balaban J connectivity index is 1.54. The standard InChI is InChI=1S/C26H23ClN4O/c1-29-23-10-6-21(7-11-23)26(32)18-30-14-15-31(24-12-2-19(16-28)3-13-24)25(17-30)20-4-8-22(27)9-5-20/h2-13,25-26,32H,14-15,17-18H2/t25-,26+/m0/s1. The number of nitrogens with zero attached hydrogens (tertiary/aromatic N) is 4. The molecule has 160 valence electrons. The second-order valence-corrected chi connectivity index (χ2v) is 8.33. The average molecular weight is 443 g/mol. The van der Waals surface area contributed by atoms with E-state index in [1.807, 2.05) is 60.7 Å². The molecule has 1 fully saturated rings. The van der Waals surface area contributed by atoms with Crippen LogP contribution in [0.1, 0.15) is 28.8 Å². The Hall–Kier alpha value is -3.35. The number of anilines is 1. The first-order chi connectivity index (χ1) is 15.6. The zero-order chi connectivity index (χ0) is 22.5. The average Bonchev–Trinajstić information content (AvgIpc) is 2.84. The lowest BCUT2D eigenvalue weighted by Gasteiger charge is -2.43. The Kier molecular flexibility index (Phi) is 6.73. The van der Waals surface area contributed by atoms with Gasteiger partial charge in [-0.1, -0.05) is 48.0 Å². The van der Waals surface area contributed by atoms with Gasteiger partial charge in [-0.3, -0.25) is 4.90 Å². The van der Waals surface area contributed by atoms with E-state index in [-0.39, 0.29) is 6.04 Å². The summed E-state index contributed by atoms with van der Waals surface area (Å²) in [6.07, 6.45) is -0.623. The maximum atomic E-state index is 10.8. The highest BCUT2D eigenvalue weighted by Crippen LogP contribution is 2.32. The molecule has 5 nitrogen and oxygen atoms in total. The van der Waals surface area contributed by atoms with Crippen molar-refractivity contribution in [2.24, 2.45) is 0 Å². The second-order valence-electron chi connectivity index (χ2n) is 7.90. The van der Waals surface area contributed by atoms with Crippen molar-refractivity contribution >= 4 is 23.0 Å². The van der Waals surface area contributed by atoms with Crippen molar-refractivity contribution < 1.29 is 5.11 Å². The number of aliphatic hydroxyl groups is 1. The summed E-state index contributed by atoms with van der Waals surface area (Å²) in [5, 5.41) is 20.6. The highest BCUT2D eigenvalue weighted by atomic mass is 35.5. The number of hydrogen-bond acceptors (Lipinski definition) is 4. The fourth-order valence-corrected chi connectivity index (χ4v) is 4.26. The second kappa shape index (κ2) is 9.85. The Morgan fingerprint density at radius 2 is 1.72 bits per heavy atom. The van der Waals surface area contributed by atoms with Crippen LogP contribution in [0.3, 0.4) is 0 Å². The molecule has 1 saturated heterocycles. The molecule has 1 aliphatic rings. The van der Waals surface area contributed by atoms with Crippen LogP contribution in [-0.4, -0.2) is 36.2 Å². The van der Waals surface area contributed by atoms with E-state index < -0.39 is 6.10 Å². The number of aliphatic hydroxyl groups excluding tert-OH is 1. The lowest BCUT2D eigenvalue weighted by Crippen LogP contribution is -2.49. The van der Waals surface area contributed by atoms with Gasteiger partial charge in [0.2, 0.25) is 0 Å². The molecule has 1 N–H and O–H groups in total. The van der Waals surface area contributed by atoms with Crippen molar-refractivity contribution in [3.05, 3.63) is 106 Å². The Labute approximate surface area is 193 Å². The van der Waals surface area contributed by atoms with Gasteiger partial charge in [-0.15, -0.1) is 0 Å². The molecular formula is C26H23ClN4O. The van der Waals surface area contributed by atoms with E-state index in [1.165, 1.54) is 0 Å². The molecular weight excluding hydrogens is 420 g/mol. The van der Waals surface area contributed by atoms with Crippen LogP contribution >= 0.6 is 11.6 Å². The van der Waals surface area contributed by atoms with Gasteiger partial charge in [0.25, 0.3) is 0 Å². The predicted octanol–water partition coefficient (Wildman–Crippen LogP) is 5.36. The van der Waals surface area contributed by atoms with E-state index in [2.05, 4.69) is 20.7 Å². The minimum Gasteiger partial charge on any atom is -0.387 e. The summed E-state index contributed by atoms with van der Waals surface area (Å²) in [6, 6.07) is 25.0. The quantitative estimate of drug-likeness (QED) is 0.540. The zero-order valence-corrected chi connectivity index (χ0v) is 18.3. The molecule has 0 radical (unpaired) electrons. The van der Waals surface area contributed by atoms with E-state index in [0.29, 0.717) is 22.8 Å². The number of halogens is 1. The number of piperazine rings is 1. The van der Waals surface area contributed by atoms with E-state index in [1.54, 1.807) is 12.1 Å². The summed E-state index contributed by atoms with van der Waals surface area (Å²) >= 11 is 6.12.